The summed E-state index contributed by atoms with van der Waals surface area (Å²) in [6.45, 7) is 0. The molecule has 1 aliphatic rings. The second-order valence-electron chi connectivity index (χ2n) is 6.20. The van der Waals surface area contributed by atoms with E-state index >= 15 is 0 Å². The molecule has 1 aromatic carbocycles. The van der Waals surface area contributed by atoms with Crippen LogP contribution in [0.15, 0.2) is 36.4 Å². The number of hydrogen-bond acceptors (Lipinski definition) is 4. The third-order valence-electron chi connectivity index (χ3n) is 4.00. The van der Waals surface area contributed by atoms with Crippen LogP contribution in [0.4, 0.5) is 24.9 Å². The van der Waals surface area contributed by atoms with Gasteiger partial charge in [0.2, 0.25) is 5.95 Å². The number of nitrogens with zero attached hydrogens (tertiary/aromatic N) is 3. The monoisotopic (exact) mass is 336 g/mol. The van der Waals surface area contributed by atoms with Crippen LogP contribution in [-0.2, 0) is 6.18 Å². The Balaban J connectivity index is 1.94. The first-order chi connectivity index (χ1) is 11.3. The third-order valence-corrected chi connectivity index (χ3v) is 4.00. The molecule has 1 aliphatic carbocycles. The number of rotatable bonds is 5. The maximum absolute atomic E-state index is 13.1. The van der Waals surface area contributed by atoms with Crippen molar-refractivity contribution in [3.05, 3.63) is 47.7 Å². The van der Waals surface area contributed by atoms with Gasteiger partial charge in [0.1, 0.15) is 5.82 Å². The van der Waals surface area contributed by atoms with Crippen LogP contribution in [0.1, 0.15) is 30.1 Å². The Morgan fingerprint density at radius 3 is 2.33 bits per heavy atom. The Labute approximate surface area is 138 Å². The average molecular weight is 336 g/mol. The maximum Gasteiger partial charge on any atom is 0.433 e. The van der Waals surface area contributed by atoms with E-state index in [0.29, 0.717) is 5.92 Å². The van der Waals surface area contributed by atoms with Crippen LogP contribution in [0.3, 0.4) is 0 Å². The highest BCUT2D eigenvalue weighted by Crippen LogP contribution is 2.42. The zero-order chi connectivity index (χ0) is 17.3. The van der Waals surface area contributed by atoms with Crippen molar-refractivity contribution >= 4 is 11.8 Å². The standard InChI is InChI=1S/C17H19F3N4/c1-24(2)14-10-13(17(18,19)20)21-16(22-14)23-15(12-8-9-12)11-6-4-3-5-7-11/h3-7,10,12,15H,8-9H2,1-2H3,(H,21,22,23). The lowest BCUT2D eigenvalue weighted by atomic mass is 10.0. The summed E-state index contributed by atoms with van der Waals surface area (Å²) in [5, 5.41) is 3.12. The van der Waals surface area contributed by atoms with Crippen LogP contribution in [0.2, 0.25) is 0 Å². The van der Waals surface area contributed by atoms with E-state index in [1.54, 1.807) is 14.1 Å². The summed E-state index contributed by atoms with van der Waals surface area (Å²) in [6.07, 6.45) is -2.41. The van der Waals surface area contributed by atoms with Crippen molar-refractivity contribution in [3.63, 3.8) is 0 Å². The Morgan fingerprint density at radius 1 is 1.12 bits per heavy atom. The molecule has 1 unspecified atom stereocenters. The topological polar surface area (TPSA) is 41.1 Å². The van der Waals surface area contributed by atoms with Crippen molar-refractivity contribution < 1.29 is 13.2 Å². The lowest BCUT2D eigenvalue weighted by molar-refractivity contribution is -0.141. The van der Waals surface area contributed by atoms with Crippen LogP contribution in [0.5, 0.6) is 0 Å². The van der Waals surface area contributed by atoms with Crippen molar-refractivity contribution in [3.8, 4) is 0 Å². The molecule has 1 heterocycles. The average Bonchev–Trinajstić information content (AvgIpc) is 3.37. The van der Waals surface area contributed by atoms with Gasteiger partial charge >= 0.3 is 6.18 Å². The van der Waals surface area contributed by atoms with Crippen molar-refractivity contribution in [1.82, 2.24) is 9.97 Å². The number of anilines is 2. The molecule has 0 radical (unpaired) electrons. The van der Waals surface area contributed by atoms with Crippen LogP contribution < -0.4 is 10.2 Å². The largest absolute Gasteiger partial charge is 0.433 e. The molecule has 1 atom stereocenters. The second-order valence-corrected chi connectivity index (χ2v) is 6.20. The molecule has 1 saturated carbocycles. The lowest BCUT2D eigenvalue weighted by Crippen LogP contribution is -2.20. The molecule has 0 saturated heterocycles. The van der Waals surface area contributed by atoms with Crippen LogP contribution in [0, 0.1) is 5.92 Å². The van der Waals surface area contributed by atoms with Crippen molar-refractivity contribution in [2.45, 2.75) is 25.1 Å². The molecule has 0 spiro atoms. The zero-order valence-electron chi connectivity index (χ0n) is 13.5. The molecule has 0 bridgehead atoms. The van der Waals surface area contributed by atoms with Gasteiger partial charge in [-0.3, -0.25) is 0 Å². The summed E-state index contributed by atoms with van der Waals surface area (Å²) in [7, 11) is 3.31. The number of benzene rings is 1. The highest BCUT2D eigenvalue weighted by atomic mass is 19.4. The number of halogens is 3. The van der Waals surface area contributed by atoms with Crippen molar-refractivity contribution in [2.24, 2.45) is 5.92 Å². The minimum Gasteiger partial charge on any atom is -0.363 e. The summed E-state index contributed by atoms with van der Waals surface area (Å²) < 4.78 is 39.3. The maximum atomic E-state index is 13.1. The summed E-state index contributed by atoms with van der Waals surface area (Å²) in [6, 6.07) is 10.6. The van der Waals surface area contributed by atoms with E-state index in [0.717, 1.165) is 24.5 Å². The van der Waals surface area contributed by atoms with Gasteiger partial charge in [-0.25, -0.2) is 4.98 Å². The van der Waals surface area contributed by atoms with E-state index in [1.165, 1.54) is 4.90 Å². The van der Waals surface area contributed by atoms with E-state index < -0.39 is 11.9 Å². The third kappa shape index (κ3) is 3.77. The van der Waals surface area contributed by atoms with Gasteiger partial charge in [0.15, 0.2) is 5.69 Å². The first-order valence-corrected chi connectivity index (χ1v) is 7.79. The first kappa shape index (κ1) is 16.5. The molecular weight excluding hydrogens is 317 g/mol. The fraction of sp³-hybridized carbons (Fsp3) is 0.412. The highest BCUT2D eigenvalue weighted by molar-refractivity contribution is 5.45. The molecule has 0 amide bonds. The van der Waals surface area contributed by atoms with Gasteiger partial charge in [-0.1, -0.05) is 30.3 Å². The molecule has 3 rings (SSSR count). The molecule has 1 N–H and O–H groups in total. The number of hydrogen-bond donors (Lipinski definition) is 1. The van der Waals surface area contributed by atoms with E-state index in [1.807, 2.05) is 30.3 Å². The normalized spacial score (nSPS) is 15.9. The van der Waals surface area contributed by atoms with Crippen molar-refractivity contribution in [1.29, 1.82) is 0 Å². The van der Waals surface area contributed by atoms with Gasteiger partial charge in [0.25, 0.3) is 0 Å². The second kappa shape index (κ2) is 6.30. The summed E-state index contributed by atoms with van der Waals surface area (Å²) in [5.41, 5.74) is 0.0960. The molecule has 7 heteroatoms. The predicted molar refractivity (Wildman–Crippen MR) is 86.9 cm³/mol. The Bertz CT molecular complexity index is 697. The van der Waals surface area contributed by atoms with Crippen LogP contribution >= 0.6 is 0 Å². The Morgan fingerprint density at radius 2 is 1.79 bits per heavy atom. The molecule has 1 fully saturated rings. The van der Waals surface area contributed by atoms with Crippen LogP contribution in [-0.4, -0.2) is 24.1 Å². The number of alkyl halides is 3. The molecule has 2 aromatic rings. The van der Waals surface area contributed by atoms with Gasteiger partial charge in [0, 0.05) is 20.2 Å². The quantitative estimate of drug-likeness (QED) is 0.891. The predicted octanol–water partition coefficient (Wildman–Crippen LogP) is 4.12. The van der Waals surface area contributed by atoms with Gasteiger partial charge in [-0.15, -0.1) is 0 Å². The summed E-state index contributed by atoms with van der Waals surface area (Å²) >= 11 is 0. The Kier molecular flexibility index (Phi) is 4.34. The fourth-order valence-corrected chi connectivity index (χ4v) is 2.58. The Hall–Kier alpha value is -2.31. The smallest absolute Gasteiger partial charge is 0.363 e. The highest BCUT2D eigenvalue weighted by Gasteiger charge is 2.36. The zero-order valence-corrected chi connectivity index (χ0v) is 13.5. The molecule has 24 heavy (non-hydrogen) atoms. The molecular formula is C17H19F3N4. The SMILES string of the molecule is CN(C)c1cc(C(F)(F)F)nc(NC(c2ccccc2)C2CC2)n1. The fourth-order valence-electron chi connectivity index (χ4n) is 2.58. The summed E-state index contributed by atoms with van der Waals surface area (Å²) in [4.78, 5) is 9.45. The molecule has 4 nitrogen and oxygen atoms in total. The molecule has 128 valence electrons. The van der Waals surface area contributed by atoms with Crippen molar-refractivity contribution in [2.75, 3.05) is 24.3 Å². The van der Waals surface area contributed by atoms with Crippen LogP contribution in [0.25, 0.3) is 0 Å². The van der Waals surface area contributed by atoms with E-state index in [-0.39, 0.29) is 17.8 Å². The van der Waals surface area contributed by atoms with E-state index in [4.69, 9.17) is 0 Å². The molecule has 0 aliphatic heterocycles. The number of nitrogens with one attached hydrogen (secondary N) is 1. The first-order valence-electron chi connectivity index (χ1n) is 7.79. The van der Waals surface area contributed by atoms with E-state index in [9.17, 15) is 13.2 Å². The van der Waals surface area contributed by atoms with Gasteiger partial charge < -0.3 is 10.2 Å². The minimum absolute atomic E-state index is 0.00859. The lowest BCUT2D eigenvalue weighted by Gasteiger charge is -2.21. The van der Waals surface area contributed by atoms with Gasteiger partial charge in [0.05, 0.1) is 6.04 Å². The molecule has 1 aromatic heterocycles. The minimum atomic E-state index is -4.51. The van der Waals surface area contributed by atoms with Gasteiger partial charge in [-0.2, -0.15) is 18.2 Å². The van der Waals surface area contributed by atoms with E-state index in [2.05, 4.69) is 15.3 Å². The number of aromatic nitrogens is 2. The summed E-state index contributed by atoms with van der Waals surface area (Å²) in [5.74, 6) is 0.630. The van der Waals surface area contributed by atoms with Gasteiger partial charge in [-0.05, 0) is 24.3 Å².